The van der Waals surface area contributed by atoms with Gasteiger partial charge in [-0.05, 0) is 30.7 Å². The molecule has 2 aromatic rings. The van der Waals surface area contributed by atoms with E-state index in [1.165, 1.54) is 0 Å². The number of carbonyl (C=O) groups excluding carboxylic acids is 1. The standard InChI is InChI=1S/C19H23ClN2O2/c1-14(19(23)22(2)3)21-12-15-8-10-17(11-9-15)24-13-16-6-4-5-7-18(16)20/h4-11,14,21H,12-13H2,1-3H3. The highest BCUT2D eigenvalue weighted by atomic mass is 35.5. The molecule has 1 atom stereocenters. The Balaban J connectivity index is 1.85. The maximum Gasteiger partial charge on any atom is 0.238 e. The van der Waals surface area contributed by atoms with Crippen LogP contribution in [0.4, 0.5) is 0 Å². The molecule has 4 nitrogen and oxygen atoms in total. The molecule has 0 aliphatic rings. The van der Waals surface area contributed by atoms with E-state index in [4.69, 9.17) is 16.3 Å². The second-order valence-corrected chi connectivity index (χ2v) is 6.27. The number of amides is 1. The predicted octanol–water partition coefficient (Wildman–Crippen LogP) is 3.49. The first-order valence-corrected chi connectivity index (χ1v) is 8.25. The third kappa shape index (κ3) is 5.25. The average molecular weight is 347 g/mol. The fourth-order valence-electron chi connectivity index (χ4n) is 2.23. The molecule has 1 unspecified atom stereocenters. The summed E-state index contributed by atoms with van der Waals surface area (Å²) in [6.45, 7) is 2.93. The van der Waals surface area contributed by atoms with Crippen LogP contribution in [0.1, 0.15) is 18.1 Å². The SMILES string of the molecule is CC(NCc1ccc(OCc2ccccc2Cl)cc1)C(=O)N(C)C. The van der Waals surface area contributed by atoms with Crippen LogP contribution in [0.5, 0.6) is 5.75 Å². The minimum atomic E-state index is -0.212. The van der Waals surface area contributed by atoms with Crippen molar-refractivity contribution in [2.45, 2.75) is 26.1 Å². The van der Waals surface area contributed by atoms with Gasteiger partial charge in [0.25, 0.3) is 0 Å². The van der Waals surface area contributed by atoms with Gasteiger partial charge >= 0.3 is 0 Å². The first-order chi connectivity index (χ1) is 11.5. The van der Waals surface area contributed by atoms with Gasteiger partial charge in [0.15, 0.2) is 0 Å². The predicted molar refractivity (Wildman–Crippen MR) is 97.2 cm³/mol. The molecule has 0 heterocycles. The van der Waals surface area contributed by atoms with Gasteiger partial charge in [-0.15, -0.1) is 0 Å². The van der Waals surface area contributed by atoms with E-state index < -0.39 is 0 Å². The van der Waals surface area contributed by atoms with Crippen LogP contribution in [0, 0.1) is 0 Å². The summed E-state index contributed by atoms with van der Waals surface area (Å²) in [4.78, 5) is 13.4. The van der Waals surface area contributed by atoms with Crippen molar-refractivity contribution >= 4 is 17.5 Å². The van der Waals surface area contributed by atoms with Crippen LogP contribution in [0.3, 0.4) is 0 Å². The summed E-state index contributed by atoms with van der Waals surface area (Å²) >= 11 is 6.12. The van der Waals surface area contributed by atoms with Crippen LogP contribution in [-0.2, 0) is 17.9 Å². The van der Waals surface area contributed by atoms with Crippen LogP contribution < -0.4 is 10.1 Å². The van der Waals surface area contributed by atoms with Crippen molar-refractivity contribution < 1.29 is 9.53 Å². The second kappa shape index (κ2) is 8.71. The number of ether oxygens (including phenoxy) is 1. The Morgan fingerprint density at radius 1 is 1.17 bits per heavy atom. The Labute approximate surface area is 148 Å². The van der Waals surface area contributed by atoms with E-state index in [-0.39, 0.29) is 11.9 Å². The molecule has 2 rings (SSSR count). The third-order valence-corrected chi connectivity index (χ3v) is 4.07. The smallest absolute Gasteiger partial charge is 0.238 e. The molecule has 0 aliphatic carbocycles. The number of benzene rings is 2. The van der Waals surface area contributed by atoms with Crippen LogP contribution >= 0.6 is 11.6 Å². The molecule has 0 saturated heterocycles. The van der Waals surface area contributed by atoms with E-state index in [1.54, 1.807) is 19.0 Å². The fraction of sp³-hybridized carbons (Fsp3) is 0.316. The minimum Gasteiger partial charge on any atom is -0.489 e. The first kappa shape index (κ1) is 18.3. The zero-order valence-electron chi connectivity index (χ0n) is 14.3. The van der Waals surface area contributed by atoms with Crippen LogP contribution in [0.2, 0.25) is 5.02 Å². The molecule has 0 aliphatic heterocycles. The quantitative estimate of drug-likeness (QED) is 0.834. The molecule has 24 heavy (non-hydrogen) atoms. The summed E-state index contributed by atoms with van der Waals surface area (Å²) in [7, 11) is 3.51. The number of hydrogen-bond donors (Lipinski definition) is 1. The lowest BCUT2D eigenvalue weighted by Gasteiger charge is -2.18. The highest BCUT2D eigenvalue weighted by Gasteiger charge is 2.13. The Bertz CT molecular complexity index is 671. The number of rotatable bonds is 7. The fourth-order valence-corrected chi connectivity index (χ4v) is 2.42. The van der Waals surface area contributed by atoms with Gasteiger partial charge in [-0.3, -0.25) is 4.79 Å². The van der Waals surface area contributed by atoms with E-state index in [1.807, 2.05) is 55.5 Å². The molecule has 0 radical (unpaired) electrons. The van der Waals surface area contributed by atoms with Gasteiger partial charge in [-0.2, -0.15) is 0 Å². The lowest BCUT2D eigenvalue weighted by molar-refractivity contribution is -0.130. The maximum absolute atomic E-state index is 11.8. The largest absolute Gasteiger partial charge is 0.489 e. The molecule has 128 valence electrons. The van der Waals surface area contributed by atoms with Crippen molar-refractivity contribution in [1.82, 2.24) is 10.2 Å². The Kier molecular flexibility index (Phi) is 6.64. The van der Waals surface area contributed by atoms with Crippen molar-refractivity contribution in [3.63, 3.8) is 0 Å². The van der Waals surface area contributed by atoms with Gasteiger partial charge in [0.05, 0.1) is 6.04 Å². The molecule has 0 saturated carbocycles. The Hall–Kier alpha value is -2.04. The summed E-state index contributed by atoms with van der Waals surface area (Å²) in [5.74, 6) is 0.853. The first-order valence-electron chi connectivity index (χ1n) is 7.87. The Morgan fingerprint density at radius 3 is 2.46 bits per heavy atom. The van der Waals surface area contributed by atoms with Gasteiger partial charge in [0, 0.05) is 31.2 Å². The zero-order valence-corrected chi connectivity index (χ0v) is 15.0. The van der Waals surface area contributed by atoms with Gasteiger partial charge in [-0.25, -0.2) is 0 Å². The molecular formula is C19H23ClN2O2. The van der Waals surface area contributed by atoms with Gasteiger partial charge in [-0.1, -0.05) is 41.9 Å². The van der Waals surface area contributed by atoms with E-state index >= 15 is 0 Å². The van der Waals surface area contributed by atoms with Crippen molar-refractivity contribution in [3.8, 4) is 5.75 Å². The molecule has 1 amide bonds. The van der Waals surface area contributed by atoms with E-state index in [2.05, 4.69) is 5.32 Å². The summed E-state index contributed by atoms with van der Waals surface area (Å²) in [5.41, 5.74) is 2.06. The summed E-state index contributed by atoms with van der Waals surface area (Å²) in [6.07, 6.45) is 0. The van der Waals surface area contributed by atoms with Gasteiger partial charge in [0.2, 0.25) is 5.91 Å². The van der Waals surface area contributed by atoms with Crippen LogP contribution in [0.25, 0.3) is 0 Å². The molecule has 1 N–H and O–H groups in total. The van der Waals surface area contributed by atoms with Crippen molar-refractivity contribution in [1.29, 1.82) is 0 Å². The molecule has 0 bridgehead atoms. The number of nitrogens with one attached hydrogen (secondary N) is 1. The number of nitrogens with zero attached hydrogens (tertiary/aromatic N) is 1. The summed E-state index contributed by atoms with van der Waals surface area (Å²) < 4.78 is 5.76. The Morgan fingerprint density at radius 2 is 1.83 bits per heavy atom. The minimum absolute atomic E-state index is 0.0645. The van der Waals surface area contributed by atoms with E-state index in [0.29, 0.717) is 18.2 Å². The molecule has 0 spiro atoms. The topological polar surface area (TPSA) is 41.6 Å². The van der Waals surface area contributed by atoms with E-state index in [0.717, 1.165) is 16.9 Å². The lowest BCUT2D eigenvalue weighted by Crippen LogP contribution is -2.41. The van der Waals surface area contributed by atoms with Crippen molar-refractivity contribution in [2.75, 3.05) is 14.1 Å². The monoisotopic (exact) mass is 346 g/mol. The molecule has 0 fully saturated rings. The summed E-state index contributed by atoms with van der Waals surface area (Å²) in [5, 5.41) is 3.92. The molecule has 2 aromatic carbocycles. The second-order valence-electron chi connectivity index (χ2n) is 5.86. The molecular weight excluding hydrogens is 324 g/mol. The summed E-state index contributed by atoms with van der Waals surface area (Å²) in [6, 6.07) is 15.2. The van der Waals surface area contributed by atoms with Gasteiger partial charge in [0.1, 0.15) is 12.4 Å². The average Bonchev–Trinajstić information content (AvgIpc) is 2.59. The maximum atomic E-state index is 11.8. The molecule has 0 aromatic heterocycles. The number of halogens is 1. The number of hydrogen-bond acceptors (Lipinski definition) is 3. The van der Waals surface area contributed by atoms with Crippen molar-refractivity contribution in [3.05, 3.63) is 64.7 Å². The highest BCUT2D eigenvalue weighted by molar-refractivity contribution is 6.31. The van der Waals surface area contributed by atoms with Crippen LogP contribution in [-0.4, -0.2) is 30.9 Å². The molecule has 5 heteroatoms. The third-order valence-electron chi connectivity index (χ3n) is 3.70. The van der Waals surface area contributed by atoms with Crippen molar-refractivity contribution in [2.24, 2.45) is 0 Å². The number of carbonyl (C=O) groups is 1. The highest BCUT2D eigenvalue weighted by Crippen LogP contribution is 2.19. The van der Waals surface area contributed by atoms with Gasteiger partial charge < -0.3 is 15.0 Å². The number of likely N-dealkylation sites (N-methyl/N-ethyl adjacent to an activating group) is 1. The zero-order chi connectivity index (χ0) is 17.5. The van der Waals surface area contributed by atoms with Crippen LogP contribution in [0.15, 0.2) is 48.5 Å². The normalized spacial score (nSPS) is 11.8. The lowest BCUT2D eigenvalue weighted by atomic mass is 10.2. The van der Waals surface area contributed by atoms with E-state index in [9.17, 15) is 4.79 Å².